The number of piperazine rings is 1. The van der Waals surface area contributed by atoms with Gasteiger partial charge in [-0.15, -0.1) is 0 Å². The van der Waals surface area contributed by atoms with Gasteiger partial charge in [-0.05, 0) is 18.2 Å². The lowest BCUT2D eigenvalue weighted by atomic mass is 10.0. The molecule has 2 fully saturated rings. The van der Waals surface area contributed by atoms with E-state index in [4.69, 9.17) is 9.47 Å². The molecule has 0 saturated carbocycles. The normalized spacial score (nSPS) is 23.7. The summed E-state index contributed by atoms with van der Waals surface area (Å²) in [4.78, 5) is 16.7. The number of benzene rings is 2. The lowest BCUT2D eigenvalue weighted by molar-refractivity contribution is -0.123. The van der Waals surface area contributed by atoms with E-state index in [2.05, 4.69) is 0 Å². The fourth-order valence-corrected chi connectivity index (χ4v) is 6.26. The average Bonchev–Trinajstić information content (AvgIpc) is 3.03. The first kappa shape index (κ1) is 19.7. The van der Waals surface area contributed by atoms with E-state index in [0.29, 0.717) is 18.0 Å². The molecule has 4 rings (SSSR count). The van der Waals surface area contributed by atoms with Crippen molar-refractivity contribution in [2.24, 2.45) is 0 Å². The van der Waals surface area contributed by atoms with E-state index in [9.17, 15) is 13.2 Å². The molecule has 154 valence electrons. The number of carbonyl (C=O) groups is 1. The highest BCUT2D eigenvalue weighted by atomic mass is 32.2. The van der Waals surface area contributed by atoms with Crippen molar-refractivity contribution >= 4 is 21.4 Å². The Balaban J connectivity index is 1.68. The lowest BCUT2D eigenvalue weighted by Gasteiger charge is -2.43. The van der Waals surface area contributed by atoms with Gasteiger partial charge in [-0.1, -0.05) is 24.3 Å². The number of sulfone groups is 1. The fourth-order valence-electron chi connectivity index (χ4n) is 4.28. The van der Waals surface area contributed by atoms with E-state index in [1.165, 1.54) is 0 Å². The molecule has 2 aliphatic heterocycles. The second-order valence-corrected chi connectivity index (χ2v) is 9.55. The van der Waals surface area contributed by atoms with Crippen LogP contribution in [0.1, 0.15) is 5.56 Å². The summed E-state index contributed by atoms with van der Waals surface area (Å²) in [7, 11) is -0.0787. The number of methoxy groups -OCH3 is 2. The summed E-state index contributed by atoms with van der Waals surface area (Å²) in [6.45, 7) is 0.602. The predicted octanol–water partition coefficient (Wildman–Crippen LogP) is 1.72. The second-order valence-electron chi connectivity index (χ2n) is 7.39. The van der Waals surface area contributed by atoms with Gasteiger partial charge in [0.2, 0.25) is 5.91 Å². The van der Waals surface area contributed by atoms with Crippen molar-refractivity contribution in [2.45, 2.75) is 18.6 Å². The van der Waals surface area contributed by atoms with Gasteiger partial charge in [-0.3, -0.25) is 9.69 Å². The third kappa shape index (κ3) is 3.82. The van der Waals surface area contributed by atoms with Crippen molar-refractivity contribution in [3.8, 4) is 11.5 Å². The Morgan fingerprint density at radius 1 is 1.00 bits per heavy atom. The first-order valence-electron chi connectivity index (χ1n) is 9.44. The summed E-state index contributed by atoms with van der Waals surface area (Å²) < 4.78 is 35.7. The van der Waals surface area contributed by atoms with Crippen LogP contribution in [0.15, 0.2) is 48.5 Å². The van der Waals surface area contributed by atoms with Crippen molar-refractivity contribution in [2.75, 3.05) is 37.2 Å². The molecule has 8 heteroatoms. The van der Waals surface area contributed by atoms with E-state index >= 15 is 0 Å². The maximum absolute atomic E-state index is 13.1. The molecule has 2 saturated heterocycles. The minimum absolute atomic E-state index is 0.0386. The molecule has 0 unspecified atom stereocenters. The molecule has 0 N–H and O–H groups in total. The quantitative estimate of drug-likeness (QED) is 0.739. The number of fused-ring (bicyclic) bond motifs is 1. The first-order valence-corrected chi connectivity index (χ1v) is 11.3. The van der Waals surface area contributed by atoms with E-state index < -0.39 is 15.9 Å². The molecule has 2 atom stereocenters. The number of carbonyl (C=O) groups excluding carboxylic acids is 1. The van der Waals surface area contributed by atoms with Crippen molar-refractivity contribution in [1.82, 2.24) is 4.90 Å². The SMILES string of the molecule is COc1cccc(N2C(=O)CN(Cc3ccccc3OC)[C@H]3CS(=O)(=O)C[C@H]32)c1. The molecule has 0 bridgehead atoms. The average molecular weight is 416 g/mol. The van der Waals surface area contributed by atoms with Crippen molar-refractivity contribution < 1.29 is 22.7 Å². The zero-order valence-corrected chi connectivity index (χ0v) is 17.3. The third-order valence-corrected chi connectivity index (χ3v) is 7.30. The first-order chi connectivity index (χ1) is 13.9. The highest BCUT2D eigenvalue weighted by Gasteiger charge is 2.49. The molecule has 29 heavy (non-hydrogen) atoms. The largest absolute Gasteiger partial charge is 0.497 e. The number of anilines is 1. The van der Waals surface area contributed by atoms with Gasteiger partial charge in [0.05, 0.1) is 38.3 Å². The molecule has 2 aromatic rings. The molecule has 2 heterocycles. The standard InChI is InChI=1S/C21H24N2O5S/c1-27-17-8-5-7-16(10-17)23-19-14-29(25,26)13-18(19)22(12-21(23)24)11-15-6-3-4-9-20(15)28-2/h3-10,18-19H,11-14H2,1-2H3/t18-,19+/m0/s1. The number of nitrogens with zero attached hydrogens (tertiary/aromatic N) is 2. The van der Waals surface area contributed by atoms with Gasteiger partial charge in [-0.2, -0.15) is 0 Å². The molecular formula is C21H24N2O5S. The molecular weight excluding hydrogens is 392 g/mol. The molecule has 0 aromatic heterocycles. The van der Waals surface area contributed by atoms with Crippen molar-refractivity contribution in [3.63, 3.8) is 0 Å². The molecule has 0 aliphatic carbocycles. The van der Waals surface area contributed by atoms with Crippen LogP contribution in [0.3, 0.4) is 0 Å². The summed E-state index contributed by atoms with van der Waals surface area (Å²) >= 11 is 0. The van der Waals surface area contributed by atoms with Crippen LogP contribution in [0.5, 0.6) is 11.5 Å². The van der Waals surface area contributed by atoms with E-state index in [1.807, 2.05) is 35.2 Å². The van der Waals surface area contributed by atoms with Crippen LogP contribution in [0.4, 0.5) is 5.69 Å². The smallest absolute Gasteiger partial charge is 0.241 e. The minimum Gasteiger partial charge on any atom is -0.497 e. The van der Waals surface area contributed by atoms with Crippen LogP contribution < -0.4 is 14.4 Å². The van der Waals surface area contributed by atoms with E-state index in [-0.39, 0.29) is 30.0 Å². The van der Waals surface area contributed by atoms with Crippen molar-refractivity contribution in [1.29, 1.82) is 0 Å². The topological polar surface area (TPSA) is 76.2 Å². The lowest BCUT2D eigenvalue weighted by Crippen LogP contribution is -2.61. The summed E-state index contributed by atoms with van der Waals surface area (Å²) in [5.74, 6) is 1.24. The molecule has 2 aliphatic rings. The number of ether oxygens (including phenoxy) is 2. The number of hydrogen-bond donors (Lipinski definition) is 0. The predicted molar refractivity (Wildman–Crippen MR) is 110 cm³/mol. The van der Waals surface area contributed by atoms with Gasteiger partial charge in [0.1, 0.15) is 11.5 Å². The molecule has 0 spiro atoms. The Morgan fingerprint density at radius 3 is 2.52 bits per heavy atom. The monoisotopic (exact) mass is 416 g/mol. The number of hydrogen-bond acceptors (Lipinski definition) is 6. The Bertz CT molecular complexity index is 1020. The van der Waals surface area contributed by atoms with Crippen molar-refractivity contribution in [3.05, 3.63) is 54.1 Å². The zero-order valence-electron chi connectivity index (χ0n) is 16.4. The Kier molecular flexibility index (Phi) is 5.23. The Morgan fingerprint density at radius 2 is 1.76 bits per heavy atom. The van der Waals surface area contributed by atoms with Crippen LogP contribution in [0, 0.1) is 0 Å². The number of amides is 1. The van der Waals surface area contributed by atoms with Gasteiger partial charge >= 0.3 is 0 Å². The van der Waals surface area contributed by atoms with Crippen LogP contribution in [0.25, 0.3) is 0 Å². The molecule has 2 aromatic carbocycles. The van der Waals surface area contributed by atoms with Crippen LogP contribution in [0.2, 0.25) is 0 Å². The van der Waals surface area contributed by atoms with E-state index in [0.717, 1.165) is 11.3 Å². The maximum Gasteiger partial charge on any atom is 0.241 e. The van der Waals surface area contributed by atoms with E-state index in [1.54, 1.807) is 37.3 Å². The summed E-state index contributed by atoms with van der Waals surface area (Å²) in [5, 5.41) is 0. The number of para-hydroxylation sites is 1. The zero-order chi connectivity index (χ0) is 20.6. The summed E-state index contributed by atoms with van der Waals surface area (Å²) in [5.41, 5.74) is 1.60. The van der Waals surface area contributed by atoms with Gasteiger partial charge in [0, 0.05) is 29.9 Å². The second kappa shape index (κ2) is 7.68. The summed E-state index contributed by atoms with van der Waals surface area (Å²) in [6, 6.07) is 14.1. The van der Waals surface area contributed by atoms with Gasteiger partial charge < -0.3 is 14.4 Å². The maximum atomic E-state index is 13.1. The Hall–Kier alpha value is -2.58. The van der Waals surface area contributed by atoms with Crippen LogP contribution in [-0.2, 0) is 21.2 Å². The third-order valence-electron chi connectivity index (χ3n) is 5.60. The van der Waals surface area contributed by atoms with Crippen LogP contribution >= 0.6 is 0 Å². The molecule has 0 radical (unpaired) electrons. The van der Waals surface area contributed by atoms with Gasteiger partial charge in [-0.25, -0.2) is 8.42 Å². The van der Waals surface area contributed by atoms with Gasteiger partial charge in [0.25, 0.3) is 0 Å². The number of rotatable bonds is 5. The highest BCUT2D eigenvalue weighted by Crippen LogP contribution is 2.34. The molecule has 7 nitrogen and oxygen atoms in total. The molecule has 1 amide bonds. The Labute approximate surface area is 170 Å². The summed E-state index contributed by atoms with van der Waals surface area (Å²) in [6.07, 6.45) is 0. The fraction of sp³-hybridized carbons (Fsp3) is 0.381. The minimum atomic E-state index is -3.25. The van der Waals surface area contributed by atoms with Gasteiger partial charge in [0.15, 0.2) is 9.84 Å². The highest BCUT2D eigenvalue weighted by molar-refractivity contribution is 7.91. The van der Waals surface area contributed by atoms with Crippen LogP contribution in [-0.4, -0.2) is 63.6 Å².